The molecule has 1 unspecified atom stereocenters. The van der Waals surface area contributed by atoms with Gasteiger partial charge in [-0.25, -0.2) is 4.98 Å². The number of nitrogens with one attached hydrogen (secondary N) is 1. The number of rotatable bonds is 3. The van der Waals surface area contributed by atoms with Crippen molar-refractivity contribution >= 4 is 5.96 Å². The van der Waals surface area contributed by atoms with E-state index in [0.29, 0.717) is 17.9 Å². The zero-order valence-corrected chi connectivity index (χ0v) is 14.9. The Morgan fingerprint density at radius 2 is 2.23 bits per heavy atom. The highest BCUT2D eigenvalue weighted by atomic mass is 16.4. The number of hydrogen-bond donors (Lipinski definition) is 1. The SMILES string of the molecule is CCC1(C)CCN(C(=NC)NCc2ncc(C(C)(C)C)o2)C1. The second-order valence-electron chi connectivity index (χ2n) is 7.60. The van der Waals surface area contributed by atoms with Crippen molar-refractivity contribution in [3.63, 3.8) is 0 Å². The monoisotopic (exact) mass is 306 g/mol. The van der Waals surface area contributed by atoms with Crippen molar-refractivity contribution in [2.45, 2.75) is 59.4 Å². The second-order valence-corrected chi connectivity index (χ2v) is 7.60. The summed E-state index contributed by atoms with van der Waals surface area (Å²) in [6.45, 7) is 13.7. The Balaban J connectivity index is 1.94. The number of oxazole rings is 1. The molecule has 0 spiro atoms. The molecular formula is C17H30N4O. The van der Waals surface area contributed by atoms with Crippen LogP contribution in [0.5, 0.6) is 0 Å². The third-order valence-corrected chi connectivity index (χ3v) is 4.61. The van der Waals surface area contributed by atoms with Crippen LogP contribution in [0.15, 0.2) is 15.6 Å². The molecule has 22 heavy (non-hydrogen) atoms. The van der Waals surface area contributed by atoms with Gasteiger partial charge in [0.05, 0.1) is 12.7 Å². The van der Waals surface area contributed by atoms with Gasteiger partial charge in [0.15, 0.2) is 5.96 Å². The summed E-state index contributed by atoms with van der Waals surface area (Å²) in [5.74, 6) is 2.57. The van der Waals surface area contributed by atoms with E-state index in [1.165, 1.54) is 12.8 Å². The van der Waals surface area contributed by atoms with E-state index in [2.05, 4.69) is 54.8 Å². The first kappa shape index (κ1) is 16.8. The molecule has 1 aliphatic heterocycles. The summed E-state index contributed by atoms with van der Waals surface area (Å²) in [4.78, 5) is 11.1. The van der Waals surface area contributed by atoms with Crippen molar-refractivity contribution in [3.05, 3.63) is 17.8 Å². The molecule has 0 aromatic carbocycles. The minimum atomic E-state index is -0.00911. The van der Waals surface area contributed by atoms with Crippen molar-refractivity contribution in [1.29, 1.82) is 0 Å². The normalized spacial score (nSPS) is 23.2. The molecule has 0 saturated carbocycles. The lowest BCUT2D eigenvalue weighted by atomic mass is 9.87. The lowest BCUT2D eigenvalue weighted by molar-refractivity contribution is 0.321. The van der Waals surface area contributed by atoms with Crippen LogP contribution in [0.25, 0.3) is 0 Å². The van der Waals surface area contributed by atoms with Crippen LogP contribution in [0.3, 0.4) is 0 Å². The van der Waals surface area contributed by atoms with Crippen LogP contribution in [-0.4, -0.2) is 36.0 Å². The van der Waals surface area contributed by atoms with Crippen LogP contribution in [-0.2, 0) is 12.0 Å². The Morgan fingerprint density at radius 1 is 1.50 bits per heavy atom. The van der Waals surface area contributed by atoms with Gasteiger partial charge in [-0.05, 0) is 18.3 Å². The van der Waals surface area contributed by atoms with Crippen LogP contribution < -0.4 is 5.32 Å². The zero-order chi connectivity index (χ0) is 16.4. The van der Waals surface area contributed by atoms with E-state index in [9.17, 15) is 0 Å². The van der Waals surface area contributed by atoms with Crippen molar-refractivity contribution in [3.8, 4) is 0 Å². The summed E-state index contributed by atoms with van der Waals surface area (Å²) >= 11 is 0. The van der Waals surface area contributed by atoms with Gasteiger partial charge in [0.2, 0.25) is 5.89 Å². The maximum absolute atomic E-state index is 5.82. The molecular weight excluding hydrogens is 276 g/mol. The largest absolute Gasteiger partial charge is 0.443 e. The number of nitrogens with zero attached hydrogens (tertiary/aromatic N) is 3. The predicted molar refractivity (Wildman–Crippen MR) is 90.0 cm³/mol. The van der Waals surface area contributed by atoms with Crippen LogP contribution in [0, 0.1) is 5.41 Å². The number of guanidine groups is 1. The van der Waals surface area contributed by atoms with Gasteiger partial charge in [-0.2, -0.15) is 0 Å². The Morgan fingerprint density at radius 3 is 2.73 bits per heavy atom. The van der Waals surface area contributed by atoms with Gasteiger partial charge in [-0.1, -0.05) is 34.6 Å². The molecule has 1 atom stereocenters. The van der Waals surface area contributed by atoms with Gasteiger partial charge in [-0.3, -0.25) is 4.99 Å². The summed E-state index contributed by atoms with van der Waals surface area (Å²) in [7, 11) is 1.83. The van der Waals surface area contributed by atoms with E-state index in [-0.39, 0.29) is 5.41 Å². The first-order valence-corrected chi connectivity index (χ1v) is 8.18. The molecule has 0 amide bonds. The highest BCUT2D eigenvalue weighted by Crippen LogP contribution is 2.32. The third kappa shape index (κ3) is 3.81. The van der Waals surface area contributed by atoms with Gasteiger partial charge >= 0.3 is 0 Å². The Bertz CT molecular complexity index is 529. The summed E-state index contributed by atoms with van der Waals surface area (Å²) in [6.07, 6.45) is 4.25. The fourth-order valence-electron chi connectivity index (χ4n) is 2.72. The van der Waals surface area contributed by atoms with E-state index in [1.807, 2.05) is 13.2 Å². The van der Waals surface area contributed by atoms with Crippen LogP contribution >= 0.6 is 0 Å². The minimum absolute atomic E-state index is 0.00911. The molecule has 0 radical (unpaired) electrons. The van der Waals surface area contributed by atoms with E-state index in [1.54, 1.807) is 0 Å². The lowest BCUT2D eigenvalue weighted by Crippen LogP contribution is -2.40. The summed E-state index contributed by atoms with van der Waals surface area (Å²) in [5.41, 5.74) is 0.394. The molecule has 5 nitrogen and oxygen atoms in total. The molecule has 2 heterocycles. The summed E-state index contributed by atoms with van der Waals surface area (Å²) in [5, 5.41) is 3.37. The molecule has 124 valence electrons. The average molecular weight is 306 g/mol. The van der Waals surface area contributed by atoms with Crippen molar-refractivity contribution < 1.29 is 4.42 Å². The molecule has 1 N–H and O–H groups in total. The number of hydrogen-bond acceptors (Lipinski definition) is 3. The number of likely N-dealkylation sites (tertiary alicyclic amines) is 1. The van der Waals surface area contributed by atoms with E-state index in [4.69, 9.17) is 4.42 Å². The van der Waals surface area contributed by atoms with E-state index in [0.717, 1.165) is 24.8 Å². The van der Waals surface area contributed by atoms with Gasteiger partial charge in [0.25, 0.3) is 0 Å². The minimum Gasteiger partial charge on any atom is -0.443 e. The Hall–Kier alpha value is -1.52. The molecule has 0 aliphatic carbocycles. The summed E-state index contributed by atoms with van der Waals surface area (Å²) in [6, 6.07) is 0. The highest BCUT2D eigenvalue weighted by Gasteiger charge is 2.33. The fourth-order valence-corrected chi connectivity index (χ4v) is 2.72. The first-order valence-electron chi connectivity index (χ1n) is 8.18. The number of aliphatic imine (C=N–C) groups is 1. The lowest BCUT2D eigenvalue weighted by Gasteiger charge is -2.25. The molecule has 1 fully saturated rings. The van der Waals surface area contributed by atoms with Gasteiger partial charge in [0, 0.05) is 25.6 Å². The molecule has 1 aliphatic rings. The summed E-state index contributed by atoms with van der Waals surface area (Å²) < 4.78 is 5.82. The standard InChI is InChI=1S/C17H30N4O/c1-7-17(5)8-9-21(12-17)15(18-6)20-11-14-19-10-13(22-14)16(2,3)4/h10H,7-9,11-12H2,1-6H3,(H,18,20). The molecule has 2 rings (SSSR count). The maximum atomic E-state index is 5.82. The molecule has 0 bridgehead atoms. The topological polar surface area (TPSA) is 53.7 Å². The van der Waals surface area contributed by atoms with Crippen molar-refractivity contribution in [1.82, 2.24) is 15.2 Å². The van der Waals surface area contributed by atoms with Crippen LogP contribution in [0.2, 0.25) is 0 Å². The van der Waals surface area contributed by atoms with Crippen LogP contribution in [0.4, 0.5) is 0 Å². The highest BCUT2D eigenvalue weighted by molar-refractivity contribution is 5.80. The van der Waals surface area contributed by atoms with Crippen molar-refractivity contribution in [2.24, 2.45) is 10.4 Å². The second kappa shape index (κ2) is 6.31. The first-order chi connectivity index (χ1) is 10.3. The molecule has 1 aromatic rings. The molecule has 1 aromatic heterocycles. The van der Waals surface area contributed by atoms with E-state index < -0.39 is 0 Å². The average Bonchev–Trinajstić information content (AvgIpc) is 3.07. The van der Waals surface area contributed by atoms with Crippen LogP contribution in [0.1, 0.15) is 59.1 Å². The van der Waals surface area contributed by atoms with E-state index >= 15 is 0 Å². The van der Waals surface area contributed by atoms with Gasteiger partial charge in [-0.15, -0.1) is 0 Å². The third-order valence-electron chi connectivity index (χ3n) is 4.61. The van der Waals surface area contributed by atoms with Crippen molar-refractivity contribution in [2.75, 3.05) is 20.1 Å². The maximum Gasteiger partial charge on any atom is 0.213 e. The van der Waals surface area contributed by atoms with Gasteiger partial charge < -0.3 is 14.6 Å². The Labute approximate surface area is 134 Å². The Kier molecular flexibility index (Phi) is 4.83. The quantitative estimate of drug-likeness (QED) is 0.688. The number of aromatic nitrogens is 1. The molecule has 5 heteroatoms. The zero-order valence-electron chi connectivity index (χ0n) is 14.9. The van der Waals surface area contributed by atoms with Gasteiger partial charge in [0.1, 0.15) is 5.76 Å². The fraction of sp³-hybridized carbons (Fsp3) is 0.765. The molecule has 1 saturated heterocycles. The predicted octanol–water partition coefficient (Wildman–Crippen LogP) is 3.17. The smallest absolute Gasteiger partial charge is 0.213 e.